The topological polar surface area (TPSA) is 70.1 Å². The second-order valence-electron chi connectivity index (χ2n) is 8.73. The molecule has 0 spiro atoms. The minimum atomic E-state index is -0.762. The number of ether oxygens (including phenoxy) is 1. The van der Waals surface area contributed by atoms with Crippen LogP contribution in [-0.2, 0) is 4.79 Å². The van der Waals surface area contributed by atoms with Gasteiger partial charge in [0.05, 0.1) is 12.5 Å². The number of piperidine rings is 2. The van der Waals surface area contributed by atoms with Crippen molar-refractivity contribution in [3.63, 3.8) is 0 Å². The van der Waals surface area contributed by atoms with Gasteiger partial charge in [-0.15, -0.1) is 0 Å². The summed E-state index contributed by atoms with van der Waals surface area (Å²) in [6.45, 7) is 5.24. The molecule has 2 fully saturated rings. The van der Waals surface area contributed by atoms with Crippen molar-refractivity contribution in [1.29, 1.82) is 0 Å². The van der Waals surface area contributed by atoms with Gasteiger partial charge in [0.15, 0.2) is 0 Å². The summed E-state index contributed by atoms with van der Waals surface area (Å²) < 4.78 is 5.96. The zero-order valence-corrected chi connectivity index (χ0v) is 18.1. The van der Waals surface area contributed by atoms with Crippen molar-refractivity contribution < 1.29 is 19.4 Å². The highest BCUT2D eigenvalue weighted by Gasteiger charge is 2.27. The average molecular weight is 425 g/mol. The molecule has 2 aliphatic rings. The SMILES string of the molecule is O=C(O)C1CCN(C(=O)c2ccc3cc(OCCCN4CCCCC4)ccc3c2)CC1. The van der Waals surface area contributed by atoms with Crippen molar-refractivity contribution in [2.75, 3.05) is 39.3 Å². The van der Waals surface area contributed by atoms with Gasteiger partial charge >= 0.3 is 5.97 Å². The second kappa shape index (κ2) is 10.1. The molecule has 0 saturated carbocycles. The minimum absolute atomic E-state index is 0.0243. The molecule has 0 radical (unpaired) electrons. The first kappa shape index (κ1) is 21.6. The molecule has 4 rings (SSSR count). The fourth-order valence-corrected chi connectivity index (χ4v) is 4.62. The maximum absolute atomic E-state index is 12.8. The molecule has 2 aliphatic heterocycles. The van der Waals surface area contributed by atoms with Gasteiger partial charge in [0, 0.05) is 25.2 Å². The van der Waals surface area contributed by atoms with E-state index in [1.54, 1.807) is 4.90 Å². The van der Waals surface area contributed by atoms with Crippen molar-refractivity contribution in [2.24, 2.45) is 5.92 Å². The van der Waals surface area contributed by atoms with Crippen molar-refractivity contribution in [3.8, 4) is 5.75 Å². The first-order valence-corrected chi connectivity index (χ1v) is 11.5. The molecule has 0 aliphatic carbocycles. The number of carbonyl (C=O) groups is 2. The normalized spacial score (nSPS) is 18.3. The summed E-state index contributed by atoms with van der Waals surface area (Å²) in [4.78, 5) is 28.2. The molecule has 0 unspecified atom stereocenters. The standard InChI is InChI=1S/C25H32N2O4/c28-24(27-14-9-19(10-15-27)25(29)30)22-6-5-21-18-23(8-7-20(21)17-22)31-16-4-13-26-11-2-1-3-12-26/h5-8,17-19H,1-4,9-16H2,(H,29,30). The van der Waals surface area contributed by atoms with E-state index in [0.717, 1.165) is 29.5 Å². The number of nitrogens with zero attached hydrogens (tertiary/aromatic N) is 2. The number of carboxylic acids is 1. The Morgan fingerprint density at radius 1 is 0.935 bits per heavy atom. The van der Waals surface area contributed by atoms with Crippen LogP contribution in [0.3, 0.4) is 0 Å². The Balaban J connectivity index is 1.31. The molecular weight excluding hydrogens is 392 g/mol. The van der Waals surface area contributed by atoms with E-state index in [2.05, 4.69) is 4.90 Å². The maximum atomic E-state index is 12.8. The van der Waals surface area contributed by atoms with Gasteiger partial charge in [0.25, 0.3) is 5.91 Å². The summed E-state index contributed by atoms with van der Waals surface area (Å²) >= 11 is 0. The third kappa shape index (κ3) is 5.56. The summed E-state index contributed by atoms with van der Waals surface area (Å²) in [5.74, 6) is -0.258. The Morgan fingerprint density at radius 3 is 2.39 bits per heavy atom. The molecule has 1 N–H and O–H groups in total. The smallest absolute Gasteiger partial charge is 0.306 e. The molecule has 2 aromatic rings. The number of hydrogen-bond donors (Lipinski definition) is 1. The number of aliphatic carboxylic acids is 1. The van der Waals surface area contributed by atoms with Crippen LogP contribution in [0.2, 0.25) is 0 Å². The van der Waals surface area contributed by atoms with Gasteiger partial charge in [-0.3, -0.25) is 9.59 Å². The van der Waals surface area contributed by atoms with Gasteiger partial charge in [-0.1, -0.05) is 18.6 Å². The lowest BCUT2D eigenvalue weighted by Crippen LogP contribution is -2.40. The van der Waals surface area contributed by atoms with Crippen LogP contribution in [0.5, 0.6) is 5.75 Å². The number of amides is 1. The summed E-state index contributed by atoms with van der Waals surface area (Å²) in [7, 11) is 0. The lowest BCUT2D eigenvalue weighted by atomic mass is 9.96. The van der Waals surface area contributed by atoms with Gasteiger partial charge < -0.3 is 19.6 Å². The number of rotatable bonds is 7. The lowest BCUT2D eigenvalue weighted by molar-refractivity contribution is -0.143. The van der Waals surface area contributed by atoms with Crippen LogP contribution in [0.25, 0.3) is 10.8 Å². The zero-order chi connectivity index (χ0) is 21.6. The van der Waals surface area contributed by atoms with E-state index in [-0.39, 0.29) is 11.8 Å². The van der Waals surface area contributed by atoms with Crippen LogP contribution in [0.1, 0.15) is 48.9 Å². The molecule has 0 aromatic heterocycles. The molecule has 6 heteroatoms. The summed E-state index contributed by atoms with van der Waals surface area (Å²) in [6, 6.07) is 11.7. The number of hydrogen-bond acceptors (Lipinski definition) is 4. The van der Waals surface area contributed by atoms with E-state index in [1.165, 1.54) is 32.4 Å². The predicted molar refractivity (Wildman–Crippen MR) is 121 cm³/mol. The van der Waals surface area contributed by atoms with Crippen molar-refractivity contribution >= 4 is 22.6 Å². The van der Waals surface area contributed by atoms with Gasteiger partial charge in [-0.2, -0.15) is 0 Å². The van der Waals surface area contributed by atoms with Crippen LogP contribution >= 0.6 is 0 Å². The number of likely N-dealkylation sites (tertiary alicyclic amines) is 2. The molecular formula is C25H32N2O4. The Bertz CT molecular complexity index is 915. The van der Waals surface area contributed by atoms with Crippen LogP contribution in [0, 0.1) is 5.92 Å². The molecule has 1 amide bonds. The highest BCUT2D eigenvalue weighted by atomic mass is 16.5. The van der Waals surface area contributed by atoms with E-state index < -0.39 is 5.97 Å². The van der Waals surface area contributed by atoms with Crippen LogP contribution < -0.4 is 4.74 Å². The number of carbonyl (C=O) groups excluding carboxylic acids is 1. The van der Waals surface area contributed by atoms with Gasteiger partial charge in [0.1, 0.15) is 5.75 Å². The quantitative estimate of drug-likeness (QED) is 0.680. The van der Waals surface area contributed by atoms with Crippen LogP contribution in [0.15, 0.2) is 36.4 Å². The number of fused-ring (bicyclic) bond motifs is 1. The Kier molecular flexibility index (Phi) is 7.07. The first-order valence-electron chi connectivity index (χ1n) is 11.5. The molecule has 0 bridgehead atoms. The molecule has 0 atom stereocenters. The Labute approximate surface area is 183 Å². The molecule has 6 nitrogen and oxygen atoms in total. The lowest BCUT2D eigenvalue weighted by Gasteiger charge is -2.30. The molecule has 2 heterocycles. The summed E-state index contributed by atoms with van der Waals surface area (Å²) in [5.41, 5.74) is 0.650. The van der Waals surface area contributed by atoms with E-state index in [9.17, 15) is 9.59 Å². The van der Waals surface area contributed by atoms with Crippen molar-refractivity contribution in [3.05, 3.63) is 42.0 Å². The average Bonchev–Trinajstić information content (AvgIpc) is 2.81. The minimum Gasteiger partial charge on any atom is -0.494 e. The van der Waals surface area contributed by atoms with Gasteiger partial charge in [-0.05, 0) is 80.2 Å². The first-order chi connectivity index (χ1) is 15.1. The molecule has 166 valence electrons. The second-order valence-corrected chi connectivity index (χ2v) is 8.73. The Morgan fingerprint density at radius 2 is 1.65 bits per heavy atom. The summed E-state index contributed by atoms with van der Waals surface area (Å²) in [6.07, 6.45) is 6.07. The zero-order valence-electron chi connectivity index (χ0n) is 18.1. The third-order valence-corrected chi connectivity index (χ3v) is 6.53. The Hall–Kier alpha value is -2.60. The summed E-state index contributed by atoms with van der Waals surface area (Å²) in [5, 5.41) is 11.2. The fraction of sp³-hybridized carbons (Fsp3) is 0.520. The van der Waals surface area contributed by atoms with Crippen molar-refractivity contribution in [2.45, 2.75) is 38.5 Å². The van der Waals surface area contributed by atoms with E-state index >= 15 is 0 Å². The van der Waals surface area contributed by atoms with E-state index in [4.69, 9.17) is 9.84 Å². The third-order valence-electron chi connectivity index (χ3n) is 6.53. The number of benzene rings is 2. The fourth-order valence-electron chi connectivity index (χ4n) is 4.62. The largest absolute Gasteiger partial charge is 0.494 e. The highest BCUT2D eigenvalue weighted by molar-refractivity contribution is 5.99. The molecule has 2 saturated heterocycles. The predicted octanol–water partition coefficient (Wildman–Crippen LogP) is 4.03. The van der Waals surface area contributed by atoms with Crippen molar-refractivity contribution in [1.82, 2.24) is 9.80 Å². The molecule has 2 aromatic carbocycles. The van der Waals surface area contributed by atoms with Gasteiger partial charge in [-0.25, -0.2) is 0 Å². The maximum Gasteiger partial charge on any atom is 0.306 e. The van der Waals surface area contributed by atoms with Crippen LogP contribution in [0.4, 0.5) is 0 Å². The van der Waals surface area contributed by atoms with E-state index in [0.29, 0.717) is 38.1 Å². The number of carboxylic acid groups (broad SMARTS) is 1. The highest BCUT2D eigenvalue weighted by Crippen LogP contribution is 2.24. The van der Waals surface area contributed by atoms with Crippen LogP contribution in [-0.4, -0.2) is 66.1 Å². The van der Waals surface area contributed by atoms with E-state index in [1.807, 2.05) is 36.4 Å². The monoisotopic (exact) mass is 424 g/mol. The van der Waals surface area contributed by atoms with Gasteiger partial charge in [0.2, 0.25) is 0 Å². The molecule has 31 heavy (non-hydrogen) atoms.